The van der Waals surface area contributed by atoms with Gasteiger partial charge in [0.25, 0.3) is 17.7 Å². The van der Waals surface area contributed by atoms with E-state index >= 15 is 0 Å². The van der Waals surface area contributed by atoms with E-state index in [1.165, 1.54) is 10.5 Å². The van der Waals surface area contributed by atoms with Crippen molar-refractivity contribution in [2.75, 3.05) is 39.8 Å². The second-order valence-corrected chi connectivity index (χ2v) is 9.76. The van der Waals surface area contributed by atoms with Crippen molar-refractivity contribution >= 4 is 17.7 Å². The molecule has 0 radical (unpaired) electrons. The number of benzene rings is 2. The molecular formula is C28H33N3O4. The molecule has 2 aliphatic heterocycles. The van der Waals surface area contributed by atoms with Crippen LogP contribution in [0, 0.1) is 0 Å². The second-order valence-electron chi connectivity index (χ2n) is 9.76. The molecule has 3 amide bonds. The summed E-state index contributed by atoms with van der Waals surface area (Å²) in [5.41, 5.74) is 2.57. The molecule has 1 aliphatic carbocycles. The van der Waals surface area contributed by atoms with Crippen molar-refractivity contribution in [1.82, 2.24) is 14.7 Å². The first-order valence-electron chi connectivity index (χ1n) is 12.7. The summed E-state index contributed by atoms with van der Waals surface area (Å²) in [6.45, 7) is 3.89. The Labute approximate surface area is 206 Å². The van der Waals surface area contributed by atoms with Crippen molar-refractivity contribution in [1.29, 1.82) is 0 Å². The third-order valence-corrected chi connectivity index (χ3v) is 7.64. The molecule has 0 aromatic heterocycles. The summed E-state index contributed by atoms with van der Waals surface area (Å²) in [5, 5.41) is 0. The van der Waals surface area contributed by atoms with Crippen molar-refractivity contribution < 1.29 is 19.1 Å². The Morgan fingerprint density at radius 1 is 0.886 bits per heavy atom. The standard InChI is InChI=1S/C28H33N3O4/c1-35-23-10-7-20(8-11-23)13-14-29-15-17-30(18-16-29)26(32)21-9-12-24-25(19-21)28(34)31(27(24)33)22-5-3-2-4-6-22/h7-12,19,22H,2-6,13-18H2,1H3. The van der Waals surface area contributed by atoms with Crippen LogP contribution in [0.2, 0.25) is 0 Å². The number of methoxy groups -OCH3 is 1. The maximum absolute atomic E-state index is 13.2. The summed E-state index contributed by atoms with van der Waals surface area (Å²) >= 11 is 0. The third kappa shape index (κ3) is 4.82. The van der Waals surface area contributed by atoms with Crippen molar-refractivity contribution in [3.05, 3.63) is 64.7 Å². The van der Waals surface area contributed by atoms with Crippen LogP contribution >= 0.6 is 0 Å². The molecule has 0 spiro atoms. The number of piperazine rings is 1. The van der Waals surface area contributed by atoms with Crippen molar-refractivity contribution in [3.8, 4) is 5.75 Å². The predicted octanol–water partition coefficient (Wildman–Crippen LogP) is 3.62. The maximum Gasteiger partial charge on any atom is 0.261 e. The first-order valence-corrected chi connectivity index (χ1v) is 12.7. The molecular weight excluding hydrogens is 442 g/mol. The number of fused-ring (bicyclic) bond motifs is 1. The number of ether oxygens (including phenoxy) is 1. The number of carbonyl (C=O) groups excluding carboxylic acids is 3. The molecule has 2 aromatic rings. The number of carbonyl (C=O) groups is 3. The molecule has 0 atom stereocenters. The molecule has 5 rings (SSSR count). The largest absolute Gasteiger partial charge is 0.497 e. The molecule has 2 aromatic carbocycles. The molecule has 184 valence electrons. The number of rotatable bonds is 6. The van der Waals surface area contributed by atoms with Gasteiger partial charge < -0.3 is 9.64 Å². The molecule has 0 unspecified atom stereocenters. The van der Waals surface area contributed by atoms with Gasteiger partial charge >= 0.3 is 0 Å². The summed E-state index contributed by atoms with van der Waals surface area (Å²) in [6.07, 6.45) is 5.96. The number of nitrogens with zero attached hydrogens (tertiary/aromatic N) is 3. The van der Waals surface area contributed by atoms with E-state index in [-0.39, 0.29) is 23.8 Å². The molecule has 7 nitrogen and oxygen atoms in total. The number of amides is 3. The van der Waals surface area contributed by atoms with Gasteiger partial charge in [0.1, 0.15) is 5.75 Å². The lowest BCUT2D eigenvalue weighted by atomic mass is 9.94. The van der Waals surface area contributed by atoms with Crippen molar-refractivity contribution in [2.45, 2.75) is 44.6 Å². The van der Waals surface area contributed by atoms with Crippen LogP contribution in [0.15, 0.2) is 42.5 Å². The van der Waals surface area contributed by atoms with Gasteiger partial charge in [0.05, 0.1) is 18.2 Å². The Hall–Kier alpha value is -3.19. The van der Waals surface area contributed by atoms with E-state index in [0.717, 1.165) is 63.9 Å². The minimum atomic E-state index is -0.241. The highest BCUT2D eigenvalue weighted by Gasteiger charge is 2.40. The first-order chi connectivity index (χ1) is 17.0. The van der Waals surface area contributed by atoms with Gasteiger partial charge in [-0.05, 0) is 55.2 Å². The molecule has 2 heterocycles. The predicted molar refractivity (Wildman–Crippen MR) is 133 cm³/mol. The van der Waals surface area contributed by atoms with E-state index in [1.54, 1.807) is 25.3 Å². The highest BCUT2D eigenvalue weighted by atomic mass is 16.5. The average Bonchev–Trinajstić information content (AvgIpc) is 3.17. The van der Waals surface area contributed by atoms with Crippen LogP contribution in [0.4, 0.5) is 0 Å². The van der Waals surface area contributed by atoms with E-state index in [9.17, 15) is 14.4 Å². The Bertz CT molecular complexity index is 1100. The summed E-state index contributed by atoms with van der Waals surface area (Å²) in [5.74, 6) is 0.343. The number of hydrogen-bond acceptors (Lipinski definition) is 5. The van der Waals surface area contributed by atoms with Gasteiger partial charge in [0.2, 0.25) is 0 Å². The lowest BCUT2D eigenvalue weighted by Gasteiger charge is -2.34. The van der Waals surface area contributed by atoms with Gasteiger partial charge in [-0.2, -0.15) is 0 Å². The van der Waals surface area contributed by atoms with E-state index in [1.807, 2.05) is 17.0 Å². The van der Waals surface area contributed by atoms with Gasteiger partial charge in [-0.15, -0.1) is 0 Å². The van der Waals surface area contributed by atoms with E-state index in [0.29, 0.717) is 29.8 Å². The van der Waals surface area contributed by atoms with Crippen LogP contribution in [0.1, 0.15) is 68.7 Å². The fourth-order valence-corrected chi connectivity index (χ4v) is 5.50. The Morgan fingerprint density at radius 3 is 2.26 bits per heavy atom. The van der Waals surface area contributed by atoms with Gasteiger partial charge in [0, 0.05) is 44.3 Å². The van der Waals surface area contributed by atoms with Crippen LogP contribution < -0.4 is 4.74 Å². The summed E-state index contributed by atoms with van der Waals surface area (Å²) in [6, 6.07) is 13.1. The quantitative estimate of drug-likeness (QED) is 0.597. The van der Waals surface area contributed by atoms with Gasteiger partial charge in [-0.25, -0.2) is 0 Å². The molecule has 1 saturated carbocycles. The molecule has 7 heteroatoms. The summed E-state index contributed by atoms with van der Waals surface area (Å²) in [7, 11) is 1.67. The van der Waals surface area contributed by atoms with Crippen LogP contribution in [0.25, 0.3) is 0 Å². The third-order valence-electron chi connectivity index (χ3n) is 7.64. The Kier molecular flexibility index (Phi) is 6.86. The zero-order chi connectivity index (χ0) is 24.4. The lowest BCUT2D eigenvalue weighted by Crippen LogP contribution is -2.49. The lowest BCUT2D eigenvalue weighted by molar-refractivity contribution is 0.0548. The van der Waals surface area contributed by atoms with Gasteiger partial charge in [-0.3, -0.25) is 24.2 Å². The zero-order valence-corrected chi connectivity index (χ0v) is 20.4. The first kappa shape index (κ1) is 23.5. The van der Waals surface area contributed by atoms with Gasteiger partial charge in [-0.1, -0.05) is 31.4 Å². The van der Waals surface area contributed by atoms with Crippen LogP contribution in [-0.2, 0) is 6.42 Å². The number of imide groups is 1. The fraction of sp³-hybridized carbons (Fsp3) is 0.464. The highest BCUT2D eigenvalue weighted by molar-refractivity contribution is 6.22. The molecule has 2 fully saturated rings. The SMILES string of the molecule is COc1ccc(CCN2CCN(C(=O)c3ccc4c(c3)C(=O)N(C3CCCCC3)C4=O)CC2)cc1. The molecule has 0 N–H and O–H groups in total. The van der Waals surface area contributed by atoms with Crippen molar-refractivity contribution in [3.63, 3.8) is 0 Å². The second kappa shape index (κ2) is 10.2. The topological polar surface area (TPSA) is 70.2 Å². The molecule has 0 bridgehead atoms. The Balaban J connectivity index is 1.18. The van der Waals surface area contributed by atoms with Crippen LogP contribution in [-0.4, -0.2) is 78.3 Å². The minimum Gasteiger partial charge on any atom is -0.497 e. The van der Waals surface area contributed by atoms with E-state index < -0.39 is 0 Å². The minimum absolute atomic E-state index is 0.0127. The fourth-order valence-electron chi connectivity index (χ4n) is 5.50. The smallest absolute Gasteiger partial charge is 0.261 e. The molecule has 1 saturated heterocycles. The normalized spacial score (nSPS) is 19.2. The molecule has 35 heavy (non-hydrogen) atoms. The maximum atomic E-state index is 13.2. The van der Waals surface area contributed by atoms with E-state index in [4.69, 9.17) is 4.74 Å². The number of hydrogen-bond donors (Lipinski definition) is 0. The summed E-state index contributed by atoms with van der Waals surface area (Å²) < 4.78 is 5.22. The summed E-state index contributed by atoms with van der Waals surface area (Å²) in [4.78, 5) is 44.9. The van der Waals surface area contributed by atoms with Crippen LogP contribution in [0.5, 0.6) is 5.75 Å². The van der Waals surface area contributed by atoms with Crippen molar-refractivity contribution in [2.24, 2.45) is 0 Å². The zero-order valence-electron chi connectivity index (χ0n) is 20.4. The highest BCUT2D eigenvalue weighted by Crippen LogP contribution is 2.31. The molecule has 3 aliphatic rings. The van der Waals surface area contributed by atoms with Crippen LogP contribution in [0.3, 0.4) is 0 Å². The van der Waals surface area contributed by atoms with E-state index in [2.05, 4.69) is 17.0 Å². The monoisotopic (exact) mass is 475 g/mol. The van der Waals surface area contributed by atoms with Gasteiger partial charge in [0.15, 0.2) is 0 Å². The average molecular weight is 476 g/mol. The Morgan fingerprint density at radius 2 is 1.57 bits per heavy atom.